The monoisotopic (exact) mass is 337 g/mol. The normalized spacial score (nSPS) is 15.5. The predicted molar refractivity (Wildman–Crippen MR) is 96.5 cm³/mol. The van der Waals surface area contributed by atoms with E-state index in [1.807, 2.05) is 36.1 Å². The molecular formula is C19H23N5O. The van der Waals surface area contributed by atoms with Gasteiger partial charge in [-0.1, -0.05) is 25.0 Å². The Kier molecular flexibility index (Phi) is 4.26. The fourth-order valence-corrected chi connectivity index (χ4v) is 3.55. The molecule has 25 heavy (non-hydrogen) atoms. The summed E-state index contributed by atoms with van der Waals surface area (Å²) in [5.41, 5.74) is 3.51. The van der Waals surface area contributed by atoms with Gasteiger partial charge in [-0.2, -0.15) is 5.10 Å². The van der Waals surface area contributed by atoms with Crippen molar-refractivity contribution in [2.45, 2.75) is 39.2 Å². The van der Waals surface area contributed by atoms with E-state index < -0.39 is 0 Å². The van der Waals surface area contributed by atoms with Gasteiger partial charge in [-0.3, -0.25) is 9.89 Å². The van der Waals surface area contributed by atoms with Crippen LogP contribution >= 0.6 is 0 Å². The average Bonchev–Trinajstić information content (AvgIpc) is 3.09. The second kappa shape index (κ2) is 6.70. The standard InChI is InChI=1S/C19H23N5O/c1-14-20-16-8-4-5-9-18(16)24(14)13-15-12-17(22-21-15)19(25)23-10-6-2-3-7-11-23/h4-5,8-9,12H,2-3,6-7,10-11,13H2,1H3,(H,21,22). The molecule has 0 atom stereocenters. The minimum atomic E-state index is 0.0385. The lowest BCUT2D eigenvalue weighted by molar-refractivity contribution is 0.0755. The lowest BCUT2D eigenvalue weighted by Gasteiger charge is -2.18. The van der Waals surface area contributed by atoms with Crippen molar-refractivity contribution in [3.63, 3.8) is 0 Å². The molecule has 2 aromatic heterocycles. The molecule has 1 saturated heterocycles. The van der Waals surface area contributed by atoms with Crippen LogP contribution in [0, 0.1) is 6.92 Å². The molecule has 1 N–H and O–H groups in total. The molecular weight excluding hydrogens is 314 g/mol. The fourth-order valence-electron chi connectivity index (χ4n) is 3.55. The molecule has 0 aliphatic carbocycles. The Labute approximate surface area is 146 Å². The lowest BCUT2D eigenvalue weighted by atomic mass is 10.2. The number of para-hydroxylation sites is 2. The highest BCUT2D eigenvalue weighted by Gasteiger charge is 2.20. The Morgan fingerprint density at radius 3 is 2.72 bits per heavy atom. The van der Waals surface area contributed by atoms with Crippen LogP contribution in [0.2, 0.25) is 0 Å². The maximum absolute atomic E-state index is 12.7. The van der Waals surface area contributed by atoms with Crippen molar-refractivity contribution in [1.29, 1.82) is 0 Å². The van der Waals surface area contributed by atoms with Crippen molar-refractivity contribution in [3.05, 3.63) is 47.5 Å². The molecule has 6 heteroatoms. The molecule has 0 unspecified atom stereocenters. The average molecular weight is 337 g/mol. The molecule has 4 rings (SSSR count). The topological polar surface area (TPSA) is 66.8 Å². The van der Waals surface area contributed by atoms with Gasteiger partial charge in [0.1, 0.15) is 11.5 Å². The number of nitrogens with one attached hydrogen (secondary N) is 1. The molecule has 1 amide bonds. The number of likely N-dealkylation sites (tertiary alicyclic amines) is 1. The van der Waals surface area contributed by atoms with E-state index in [1.54, 1.807) is 0 Å². The van der Waals surface area contributed by atoms with Crippen LogP contribution in [-0.2, 0) is 6.54 Å². The van der Waals surface area contributed by atoms with E-state index >= 15 is 0 Å². The number of hydrogen-bond donors (Lipinski definition) is 1. The first-order chi connectivity index (χ1) is 12.2. The molecule has 3 heterocycles. The molecule has 6 nitrogen and oxygen atoms in total. The van der Waals surface area contributed by atoms with Crippen LogP contribution in [0.15, 0.2) is 30.3 Å². The third-order valence-electron chi connectivity index (χ3n) is 4.92. The summed E-state index contributed by atoms with van der Waals surface area (Å²) in [5.74, 6) is 0.993. The van der Waals surface area contributed by atoms with Crippen molar-refractivity contribution in [2.75, 3.05) is 13.1 Å². The summed E-state index contributed by atoms with van der Waals surface area (Å²) in [4.78, 5) is 19.2. The van der Waals surface area contributed by atoms with Gasteiger partial charge in [-0.25, -0.2) is 4.98 Å². The van der Waals surface area contributed by atoms with Crippen molar-refractivity contribution in [1.82, 2.24) is 24.6 Å². The Bertz CT molecular complexity index is 886. The van der Waals surface area contributed by atoms with Crippen molar-refractivity contribution >= 4 is 16.9 Å². The first kappa shape index (κ1) is 15.9. The number of imidazole rings is 1. The number of nitrogens with zero attached hydrogens (tertiary/aromatic N) is 4. The molecule has 0 spiro atoms. The molecule has 130 valence electrons. The van der Waals surface area contributed by atoms with Crippen LogP contribution in [0.3, 0.4) is 0 Å². The Hall–Kier alpha value is -2.63. The highest BCUT2D eigenvalue weighted by molar-refractivity contribution is 5.92. The number of aromatic nitrogens is 4. The first-order valence-electron chi connectivity index (χ1n) is 8.98. The quantitative estimate of drug-likeness (QED) is 0.798. The fraction of sp³-hybridized carbons (Fsp3) is 0.421. The second-order valence-corrected chi connectivity index (χ2v) is 6.72. The van der Waals surface area contributed by atoms with Crippen molar-refractivity contribution in [2.24, 2.45) is 0 Å². The highest BCUT2D eigenvalue weighted by Crippen LogP contribution is 2.18. The maximum Gasteiger partial charge on any atom is 0.274 e. The zero-order chi connectivity index (χ0) is 17.2. The van der Waals surface area contributed by atoms with Crippen LogP contribution in [0.5, 0.6) is 0 Å². The van der Waals surface area contributed by atoms with E-state index in [0.29, 0.717) is 12.2 Å². The number of carbonyl (C=O) groups is 1. The zero-order valence-corrected chi connectivity index (χ0v) is 14.5. The van der Waals surface area contributed by atoms with Gasteiger partial charge in [0.15, 0.2) is 0 Å². The summed E-state index contributed by atoms with van der Waals surface area (Å²) >= 11 is 0. The van der Waals surface area contributed by atoms with Gasteiger partial charge in [0, 0.05) is 13.1 Å². The minimum absolute atomic E-state index is 0.0385. The van der Waals surface area contributed by atoms with Gasteiger partial charge in [0.05, 0.1) is 23.3 Å². The summed E-state index contributed by atoms with van der Waals surface area (Å²) < 4.78 is 2.14. The number of aryl methyl sites for hydroxylation is 1. The minimum Gasteiger partial charge on any atom is -0.337 e. The van der Waals surface area contributed by atoms with E-state index in [0.717, 1.165) is 48.5 Å². The van der Waals surface area contributed by atoms with Crippen LogP contribution in [0.25, 0.3) is 11.0 Å². The third-order valence-corrected chi connectivity index (χ3v) is 4.92. The molecule has 1 aliphatic heterocycles. The van der Waals surface area contributed by atoms with Gasteiger partial charge < -0.3 is 9.47 Å². The van der Waals surface area contributed by atoms with E-state index in [1.165, 1.54) is 12.8 Å². The van der Waals surface area contributed by atoms with E-state index in [2.05, 4.69) is 25.8 Å². The summed E-state index contributed by atoms with van der Waals surface area (Å²) in [6.45, 7) is 4.31. The summed E-state index contributed by atoms with van der Waals surface area (Å²) in [6.07, 6.45) is 4.59. The second-order valence-electron chi connectivity index (χ2n) is 6.72. The number of H-pyrrole nitrogens is 1. The molecule has 0 radical (unpaired) electrons. The molecule has 1 fully saturated rings. The van der Waals surface area contributed by atoms with Crippen LogP contribution in [0.4, 0.5) is 0 Å². The van der Waals surface area contributed by atoms with E-state index in [9.17, 15) is 4.79 Å². The smallest absolute Gasteiger partial charge is 0.274 e. The highest BCUT2D eigenvalue weighted by atomic mass is 16.2. The Morgan fingerprint density at radius 2 is 1.92 bits per heavy atom. The number of amides is 1. The zero-order valence-electron chi connectivity index (χ0n) is 14.5. The van der Waals surface area contributed by atoms with E-state index in [4.69, 9.17) is 0 Å². The van der Waals surface area contributed by atoms with Crippen molar-refractivity contribution < 1.29 is 4.79 Å². The lowest BCUT2D eigenvalue weighted by Crippen LogP contribution is -2.32. The van der Waals surface area contributed by atoms with Gasteiger partial charge >= 0.3 is 0 Å². The van der Waals surface area contributed by atoms with Gasteiger partial charge in [-0.05, 0) is 38.0 Å². The number of fused-ring (bicyclic) bond motifs is 1. The molecule has 1 aliphatic rings. The molecule has 1 aromatic carbocycles. The van der Waals surface area contributed by atoms with Crippen molar-refractivity contribution in [3.8, 4) is 0 Å². The SMILES string of the molecule is Cc1nc2ccccc2n1Cc1cc(C(=O)N2CCCCCC2)n[nH]1. The Morgan fingerprint density at radius 1 is 1.16 bits per heavy atom. The number of aromatic amines is 1. The number of rotatable bonds is 3. The number of carbonyl (C=O) groups excluding carboxylic acids is 1. The number of benzene rings is 1. The number of hydrogen-bond acceptors (Lipinski definition) is 3. The van der Waals surface area contributed by atoms with Crippen LogP contribution in [0.1, 0.15) is 47.7 Å². The van der Waals surface area contributed by atoms with Crippen LogP contribution < -0.4 is 0 Å². The largest absolute Gasteiger partial charge is 0.337 e. The molecule has 0 saturated carbocycles. The predicted octanol–water partition coefficient (Wildman–Crippen LogP) is 3.13. The van der Waals surface area contributed by atoms with Gasteiger partial charge in [-0.15, -0.1) is 0 Å². The third kappa shape index (κ3) is 3.16. The first-order valence-corrected chi connectivity index (χ1v) is 8.98. The van der Waals surface area contributed by atoms with Gasteiger partial charge in [0.2, 0.25) is 0 Å². The van der Waals surface area contributed by atoms with Crippen LogP contribution in [-0.4, -0.2) is 43.6 Å². The molecule has 3 aromatic rings. The summed E-state index contributed by atoms with van der Waals surface area (Å²) in [7, 11) is 0. The molecule has 0 bridgehead atoms. The van der Waals surface area contributed by atoms with Gasteiger partial charge in [0.25, 0.3) is 5.91 Å². The summed E-state index contributed by atoms with van der Waals surface area (Å²) in [5, 5.41) is 7.29. The maximum atomic E-state index is 12.7. The Balaban J connectivity index is 1.54. The summed E-state index contributed by atoms with van der Waals surface area (Å²) in [6, 6.07) is 9.96. The van der Waals surface area contributed by atoms with E-state index in [-0.39, 0.29) is 5.91 Å².